The number of phosphoric ester groups is 1. The average molecular weight is 154 g/mol. The fourth-order valence-electron chi connectivity index (χ4n) is 0.0956. The molecule has 0 saturated carbocycles. The van der Waals surface area contributed by atoms with Crippen LogP contribution >= 0.6 is 7.82 Å². The van der Waals surface area contributed by atoms with E-state index in [2.05, 4.69) is 4.52 Å². The third-order valence-corrected chi connectivity index (χ3v) is 0.570. The number of hydrogen-bond acceptors (Lipinski definition) is 5. The molecule has 9 heteroatoms. The van der Waals surface area contributed by atoms with Crippen LogP contribution in [0.4, 0.5) is 4.79 Å². The Labute approximate surface area is 80.5 Å². The summed E-state index contributed by atoms with van der Waals surface area (Å²) in [6, 6.07) is 0. The zero-order valence-corrected chi connectivity index (χ0v) is 6.33. The van der Waals surface area contributed by atoms with Crippen LogP contribution < -0.4 is 47.5 Å². The van der Waals surface area contributed by atoms with Gasteiger partial charge in [-0.25, -0.2) is 4.79 Å². The second kappa shape index (κ2) is 6.33. The van der Waals surface area contributed by atoms with Crippen molar-refractivity contribution in [3.8, 4) is 0 Å². The Morgan fingerprint density at radius 3 is 1.70 bits per heavy atom. The third-order valence-electron chi connectivity index (χ3n) is 0.190. The van der Waals surface area contributed by atoms with E-state index in [0.717, 1.165) is 0 Å². The molecule has 0 spiro atoms. The van der Waals surface area contributed by atoms with Gasteiger partial charge in [0.25, 0.3) is 0 Å². The molecule has 0 fully saturated rings. The molecule has 0 aliphatic heterocycles. The van der Waals surface area contributed by atoms with Crippen molar-refractivity contribution in [1.82, 2.24) is 0 Å². The Hall–Kier alpha value is 0.615. The van der Waals surface area contributed by atoms with Crippen LogP contribution in [0.2, 0.25) is 0 Å². The zero-order valence-electron chi connectivity index (χ0n) is 5.44. The van der Waals surface area contributed by atoms with Gasteiger partial charge in [-0.2, -0.15) is 0 Å². The van der Waals surface area contributed by atoms with Gasteiger partial charge in [0.1, 0.15) is 7.82 Å². The fourth-order valence-corrected chi connectivity index (χ4v) is 0.287. The van der Waals surface area contributed by atoms with Crippen LogP contribution in [0, 0.1) is 0 Å². The monoisotopic (exact) mass is 154 g/mol. The standard InChI is InChI=1S/CH3O6P.2Li/c2-1(3)7-8(4,5)6;;/h(H,2,3)(H2,4,5,6);;/q;2*+1/p-2. The minimum absolute atomic E-state index is 0. The molecule has 0 rings (SSSR count). The van der Waals surface area contributed by atoms with E-state index in [9.17, 15) is 19.1 Å². The molecule has 10 heavy (non-hydrogen) atoms. The quantitative estimate of drug-likeness (QED) is 0.296. The van der Waals surface area contributed by atoms with E-state index in [1.54, 1.807) is 0 Å². The first-order chi connectivity index (χ1) is 3.42. The smallest absolute Gasteiger partial charge is 0.780 e. The van der Waals surface area contributed by atoms with Crippen LogP contribution in [-0.2, 0) is 9.09 Å². The van der Waals surface area contributed by atoms with Gasteiger partial charge in [-0.3, -0.25) is 0 Å². The Kier molecular flexibility index (Phi) is 10.7. The van der Waals surface area contributed by atoms with Crippen molar-refractivity contribution in [3.63, 3.8) is 0 Å². The summed E-state index contributed by atoms with van der Waals surface area (Å²) in [6.45, 7) is 0. The molecule has 0 saturated heterocycles. The predicted octanol–water partition coefficient (Wildman–Crippen LogP) is -7.48. The summed E-state index contributed by atoms with van der Waals surface area (Å²) in [5, 5.41) is 7.45. The van der Waals surface area contributed by atoms with Crippen molar-refractivity contribution in [3.05, 3.63) is 0 Å². The maximum Gasteiger partial charge on any atom is 1.00 e. The van der Waals surface area contributed by atoms with E-state index < -0.39 is 14.0 Å². The van der Waals surface area contributed by atoms with Gasteiger partial charge in [-0.15, -0.1) is 0 Å². The molecule has 0 aromatic heterocycles. The molecule has 0 heterocycles. The molecule has 48 valence electrons. The van der Waals surface area contributed by atoms with E-state index in [4.69, 9.17) is 5.11 Å². The van der Waals surface area contributed by atoms with Gasteiger partial charge in [0.15, 0.2) is 0 Å². The van der Waals surface area contributed by atoms with Gasteiger partial charge in [-0.05, 0) is 0 Å². The van der Waals surface area contributed by atoms with Crippen LogP contribution in [0.15, 0.2) is 0 Å². The average Bonchev–Trinajstić information content (AvgIpc) is 1.21. The van der Waals surface area contributed by atoms with E-state index in [1.165, 1.54) is 0 Å². The minimum Gasteiger partial charge on any atom is -0.780 e. The predicted molar refractivity (Wildman–Crippen MR) is 16.7 cm³/mol. The topological polar surface area (TPSA) is 110 Å². The van der Waals surface area contributed by atoms with E-state index in [0.29, 0.717) is 0 Å². The van der Waals surface area contributed by atoms with Crippen molar-refractivity contribution in [2.24, 2.45) is 0 Å². The van der Waals surface area contributed by atoms with Crippen LogP contribution in [0.5, 0.6) is 0 Å². The first-order valence-electron chi connectivity index (χ1n) is 1.36. The van der Waals surface area contributed by atoms with Gasteiger partial charge < -0.3 is 24.0 Å². The van der Waals surface area contributed by atoms with E-state index in [1.807, 2.05) is 0 Å². The molecule has 1 N–H and O–H groups in total. The number of carbonyl (C=O) groups is 1. The molecule has 0 atom stereocenters. The molecule has 6 nitrogen and oxygen atoms in total. The molecule has 0 aromatic rings. The van der Waals surface area contributed by atoms with Crippen molar-refractivity contribution in [2.45, 2.75) is 0 Å². The fraction of sp³-hybridized carbons (Fsp3) is 0. The van der Waals surface area contributed by atoms with Crippen LogP contribution in [0.1, 0.15) is 0 Å². The summed E-state index contributed by atoms with van der Waals surface area (Å²) in [7, 11) is -5.32. The van der Waals surface area contributed by atoms with Gasteiger partial charge >= 0.3 is 43.9 Å². The van der Waals surface area contributed by atoms with Crippen molar-refractivity contribution in [2.75, 3.05) is 0 Å². The number of phosphoric acid groups is 1. The van der Waals surface area contributed by atoms with Gasteiger partial charge in [-0.1, -0.05) is 0 Å². The number of rotatable bonds is 1. The molecule has 0 aliphatic carbocycles. The van der Waals surface area contributed by atoms with E-state index in [-0.39, 0.29) is 37.7 Å². The summed E-state index contributed by atoms with van der Waals surface area (Å²) >= 11 is 0. The molecule has 0 bridgehead atoms. The van der Waals surface area contributed by atoms with E-state index >= 15 is 0 Å². The first kappa shape index (κ1) is 16.9. The molecular weight excluding hydrogens is 153 g/mol. The van der Waals surface area contributed by atoms with Gasteiger partial charge in [0, 0.05) is 0 Å². The molecule has 0 amide bonds. The van der Waals surface area contributed by atoms with Crippen molar-refractivity contribution >= 4 is 14.0 Å². The summed E-state index contributed by atoms with van der Waals surface area (Å²) in [6.07, 6.45) is -2.11. The maximum absolute atomic E-state index is 9.31. The van der Waals surface area contributed by atoms with Gasteiger partial charge in [0.05, 0.1) is 0 Å². The second-order valence-corrected chi connectivity index (χ2v) is 1.88. The summed E-state index contributed by atoms with van der Waals surface area (Å²) < 4.78 is 12.1. The Morgan fingerprint density at radius 2 is 1.70 bits per heavy atom. The zero-order chi connectivity index (χ0) is 6.78. The van der Waals surface area contributed by atoms with Crippen LogP contribution in [0.3, 0.4) is 0 Å². The molecule has 0 aromatic carbocycles. The van der Waals surface area contributed by atoms with Crippen LogP contribution in [0.25, 0.3) is 0 Å². The minimum atomic E-state index is -5.32. The van der Waals surface area contributed by atoms with Crippen molar-refractivity contribution < 1.29 is 66.5 Å². The first-order valence-corrected chi connectivity index (χ1v) is 2.82. The third kappa shape index (κ3) is 15.8. The maximum atomic E-state index is 9.31. The number of carboxylic acid groups (broad SMARTS) is 1. The Bertz CT molecular complexity index is 139. The molecule has 0 unspecified atom stereocenters. The summed E-state index contributed by atoms with van der Waals surface area (Å²) in [5.74, 6) is 0. The summed E-state index contributed by atoms with van der Waals surface area (Å²) in [5.41, 5.74) is 0. The number of hydrogen-bond donors (Lipinski definition) is 1. The van der Waals surface area contributed by atoms with Crippen molar-refractivity contribution in [1.29, 1.82) is 0 Å². The summed E-state index contributed by atoms with van der Waals surface area (Å²) in [4.78, 5) is 27.8. The van der Waals surface area contributed by atoms with Crippen LogP contribution in [-0.4, -0.2) is 11.3 Å². The molecule has 0 radical (unpaired) electrons. The van der Waals surface area contributed by atoms with Gasteiger partial charge in [0.2, 0.25) is 0 Å². The molecular formula is CHLi2O6P. The second-order valence-electron chi connectivity index (χ2n) is 0.804. The SMILES string of the molecule is O=C(O)OP(=O)([O-])[O-].[Li+].[Li+]. The Balaban J connectivity index is -0.000000245. The largest absolute Gasteiger partial charge is 1.00 e. The Morgan fingerprint density at radius 1 is 1.40 bits per heavy atom. The normalized spacial score (nSPS) is 8.60. The molecule has 0 aliphatic rings.